The van der Waals surface area contributed by atoms with E-state index < -0.39 is 6.04 Å². The van der Waals surface area contributed by atoms with Crippen molar-refractivity contribution < 1.29 is 9.90 Å². The maximum absolute atomic E-state index is 13.5. The third-order valence-corrected chi connectivity index (χ3v) is 8.10. The molecule has 7 nitrogen and oxygen atoms in total. The molecule has 2 aromatic rings. The number of amides is 1. The van der Waals surface area contributed by atoms with E-state index >= 15 is 0 Å². The molecule has 2 N–H and O–H groups in total. The summed E-state index contributed by atoms with van der Waals surface area (Å²) in [4.78, 5) is 33.2. The number of nitrogens with zero attached hydrogens (tertiary/aromatic N) is 3. The number of nitrogens with one attached hydrogen (secondary N) is 1. The first-order chi connectivity index (χ1) is 15.6. The number of carbonyl (C=O) groups is 1. The van der Waals surface area contributed by atoms with Crippen LogP contribution in [0.2, 0.25) is 0 Å². The van der Waals surface area contributed by atoms with Crippen LogP contribution in [0.5, 0.6) is 0 Å². The topological polar surface area (TPSA) is 87.5 Å². The van der Waals surface area contributed by atoms with Gasteiger partial charge in [0.15, 0.2) is 0 Å². The molecule has 0 aromatic carbocycles. The molecule has 0 spiro atoms. The summed E-state index contributed by atoms with van der Waals surface area (Å²) >= 11 is 1.57. The minimum Gasteiger partial charge on any atom is -0.396 e. The monoisotopic (exact) mass is 454 g/mol. The van der Waals surface area contributed by atoms with Crippen molar-refractivity contribution in [3.05, 3.63) is 56.4 Å². The lowest BCUT2D eigenvalue weighted by Gasteiger charge is -2.31. The summed E-state index contributed by atoms with van der Waals surface area (Å²) in [5.74, 6) is -0.222. The van der Waals surface area contributed by atoms with Crippen molar-refractivity contribution in [2.24, 2.45) is 11.8 Å². The first-order valence-electron chi connectivity index (χ1n) is 11.5. The summed E-state index contributed by atoms with van der Waals surface area (Å²) in [5.41, 5.74) is 1.59. The number of allylic oxidation sites excluding steroid dienone is 1. The van der Waals surface area contributed by atoms with Gasteiger partial charge in [-0.3, -0.25) is 14.5 Å². The van der Waals surface area contributed by atoms with Gasteiger partial charge in [0.1, 0.15) is 5.01 Å². The van der Waals surface area contributed by atoms with E-state index in [0.717, 1.165) is 36.4 Å². The van der Waals surface area contributed by atoms with Gasteiger partial charge in [0, 0.05) is 53.9 Å². The van der Waals surface area contributed by atoms with Crippen LogP contribution in [0.1, 0.15) is 54.9 Å². The van der Waals surface area contributed by atoms with Gasteiger partial charge >= 0.3 is 0 Å². The molecule has 8 heteroatoms. The Kier molecular flexibility index (Phi) is 6.01. The van der Waals surface area contributed by atoms with Gasteiger partial charge in [0.05, 0.1) is 18.6 Å². The summed E-state index contributed by atoms with van der Waals surface area (Å²) < 4.78 is 1.84. The first-order valence-corrected chi connectivity index (χ1v) is 12.4. The van der Waals surface area contributed by atoms with E-state index in [9.17, 15) is 14.7 Å². The Labute approximate surface area is 191 Å². The van der Waals surface area contributed by atoms with Gasteiger partial charge in [-0.25, -0.2) is 4.98 Å². The maximum atomic E-state index is 13.5. The lowest BCUT2D eigenvalue weighted by molar-refractivity contribution is -0.128. The van der Waals surface area contributed by atoms with E-state index in [4.69, 9.17) is 0 Å². The van der Waals surface area contributed by atoms with Crippen molar-refractivity contribution in [1.29, 1.82) is 0 Å². The van der Waals surface area contributed by atoms with Crippen LogP contribution in [0, 0.1) is 11.8 Å². The van der Waals surface area contributed by atoms with Crippen LogP contribution in [-0.2, 0) is 17.9 Å². The number of pyridine rings is 1. The molecule has 4 atom stereocenters. The highest BCUT2D eigenvalue weighted by Gasteiger charge is 2.55. The molecule has 5 rings (SSSR count). The molecule has 3 aliphatic rings. The number of carbonyl (C=O) groups excluding carboxylic acids is 1. The fraction of sp³-hybridized carbons (Fsp3) is 0.542. The Morgan fingerprint density at radius 3 is 2.84 bits per heavy atom. The Morgan fingerprint density at radius 1 is 1.34 bits per heavy atom. The molecular weight excluding hydrogens is 424 g/mol. The fourth-order valence-electron chi connectivity index (χ4n) is 5.95. The molecule has 1 saturated carbocycles. The van der Waals surface area contributed by atoms with Crippen LogP contribution in [-0.4, -0.2) is 44.2 Å². The van der Waals surface area contributed by atoms with Crippen molar-refractivity contribution >= 4 is 23.3 Å². The lowest BCUT2D eigenvalue weighted by Crippen LogP contribution is -2.50. The molecule has 32 heavy (non-hydrogen) atoms. The maximum Gasteiger partial charge on any atom is 0.258 e. The van der Waals surface area contributed by atoms with E-state index in [0.29, 0.717) is 18.7 Å². The molecule has 0 unspecified atom stereocenters. The molecule has 2 aliphatic heterocycles. The average Bonchev–Trinajstić information content (AvgIpc) is 3.56. The van der Waals surface area contributed by atoms with Crippen molar-refractivity contribution in [2.75, 3.05) is 6.61 Å². The fourth-order valence-corrected chi connectivity index (χ4v) is 6.58. The number of hydrogen-bond acceptors (Lipinski definition) is 6. The third kappa shape index (κ3) is 3.64. The van der Waals surface area contributed by atoms with Crippen LogP contribution < -0.4 is 10.9 Å². The number of aliphatic hydroxyl groups excluding tert-OH is 1. The number of likely N-dealkylation sites (tertiary alicyclic amines) is 1. The lowest BCUT2D eigenvalue weighted by atomic mass is 9.88. The van der Waals surface area contributed by atoms with Gasteiger partial charge in [-0.2, -0.15) is 0 Å². The number of thiazole rings is 1. The standard InChI is InChI=1S/C24H30N4O3S/c1-2-5-15-8-9-19-21-17(12-27(19)24(15)31)18(14-29)22(23(30)26-16-6-3-4-7-16)28(21)13-20-25-10-11-32-20/h2,5,8-11,16-18,21-22,29H,3-4,6-7,12-14H2,1H3,(H,26,30)/b5-2+/t17-,18-,21+,22-/m0/s1. The molecule has 1 saturated heterocycles. The van der Waals surface area contributed by atoms with Gasteiger partial charge in [0.2, 0.25) is 5.91 Å². The largest absolute Gasteiger partial charge is 0.396 e. The van der Waals surface area contributed by atoms with Gasteiger partial charge in [-0.05, 0) is 31.9 Å². The minimum absolute atomic E-state index is 0.00124. The van der Waals surface area contributed by atoms with Crippen LogP contribution in [0.15, 0.2) is 34.6 Å². The molecule has 0 radical (unpaired) electrons. The number of rotatable bonds is 6. The zero-order chi connectivity index (χ0) is 22.2. The highest BCUT2D eigenvalue weighted by Crippen LogP contribution is 2.49. The quantitative estimate of drug-likeness (QED) is 0.701. The van der Waals surface area contributed by atoms with Crippen LogP contribution in [0.4, 0.5) is 0 Å². The van der Waals surface area contributed by atoms with Crippen molar-refractivity contribution in [2.45, 2.75) is 63.8 Å². The Bertz CT molecular complexity index is 1060. The highest BCUT2D eigenvalue weighted by molar-refractivity contribution is 7.09. The Balaban J connectivity index is 1.53. The Hall–Kier alpha value is -2.29. The van der Waals surface area contributed by atoms with Crippen LogP contribution in [0.25, 0.3) is 6.08 Å². The second-order valence-corrected chi connectivity index (χ2v) is 10.1. The molecule has 4 heterocycles. The second kappa shape index (κ2) is 8.92. The number of hydrogen-bond donors (Lipinski definition) is 2. The van der Waals surface area contributed by atoms with Gasteiger partial charge < -0.3 is 15.0 Å². The number of aromatic nitrogens is 2. The van der Waals surface area contributed by atoms with E-state index in [2.05, 4.69) is 15.2 Å². The first kappa shape index (κ1) is 21.6. The summed E-state index contributed by atoms with van der Waals surface area (Å²) in [7, 11) is 0. The summed E-state index contributed by atoms with van der Waals surface area (Å²) in [5, 5.41) is 16.5. The van der Waals surface area contributed by atoms with Crippen LogP contribution >= 0.6 is 11.3 Å². The molecule has 2 aromatic heterocycles. The predicted octanol–water partition coefficient (Wildman–Crippen LogP) is 2.56. The summed E-state index contributed by atoms with van der Waals surface area (Å²) in [6.45, 7) is 2.87. The molecular formula is C24H30N4O3S. The minimum atomic E-state index is -0.432. The van der Waals surface area contributed by atoms with Crippen molar-refractivity contribution in [1.82, 2.24) is 19.8 Å². The second-order valence-electron chi connectivity index (χ2n) is 9.12. The molecule has 1 amide bonds. The zero-order valence-electron chi connectivity index (χ0n) is 18.3. The normalized spacial score (nSPS) is 27.8. The van der Waals surface area contributed by atoms with E-state index in [1.807, 2.05) is 41.2 Å². The molecule has 1 aliphatic carbocycles. The number of fused-ring (bicyclic) bond motifs is 3. The van der Waals surface area contributed by atoms with Crippen molar-refractivity contribution in [3.8, 4) is 0 Å². The predicted molar refractivity (Wildman–Crippen MR) is 124 cm³/mol. The van der Waals surface area contributed by atoms with Gasteiger partial charge in [-0.15, -0.1) is 11.3 Å². The van der Waals surface area contributed by atoms with Crippen LogP contribution in [0.3, 0.4) is 0 Å². The van der Waals surface area contributed by atoms with Gasteiger partial charge in [0.25, 0.3) is 5.56 Å². The zero-order valence-corrected chi connectivity index (χ0v) is 19.1. The van der Waals surface area contributed by atoms with Crippen molar-refractivity contribution in [3.63, 3.8) is 0 Å². The van der Waals surface area contributed by atoms with E-state index in [-0.39, 0.29) is 42.0 Å². The molecule has 2 fully saturated rings. The van der Waals surface area contributed by atoms with E-state index in [1.54, 1.807) is 17.5 Å². The average molecular weight is 455 g/mol. The number of aliphatic hydroxyl groups is 1. The molecule has 0 bridgehead atoms. The van der Waals surface area contributed by atoms with E-state index in [1.165, 1.54) is 0 Å². The summed E-state index contributed by atoms with van der Waals surface area (Å²) in [6.07, 6.45) is 9.82. The Morgan fingerprint density at radius 2 is 2.16 bits per heavy atom. The highest BCUT2D eigenvalue weighted by atomic mass is 32.1. The smallest absolute Gasteiger partial charge is 0.258 e. The molecule has 170 valence electrons. The third-order valence-electron chi connectivity index (χ3n) is 7.34. The SMILES string of the molecule is C/C=C/c1ccc2n(c1=O)C[C@H]1[C@H](CO)[C@@H](C(=O)NC3CCCC3)N(Cc3nccs3)[C@@H]21. The summed E-state index contributed by atoms with van der Waals surface area (Å²) in [6, 6.07) is 3.59. The van der Waals surface area contributed by atoms with Gasteiger partial charge in [-0.1, -0.05) is 25.0 Å².